The minimum absolute atomic E-state index is 0.149. The number of hydrogen-bond donors (Lipinski definition) is 0. The van der Waals surface area contributed by atoms with E-state index in [4.69, 9.17) is 4.74 Å². The number of ether oxygens (including phenoxy) is 1. The van der Waals surface area contributed by atoms with Gasteiger partial charge in [0.25, 0.3) is 0 Å². The van der Waals surface area contributed by atoms with E-state index in [1.807, 2.05) is 6.92 Å². The lowest BCUT2D eigenvalue weighted by Gasteiger charge is -2.26. The maximum absolute atomic E-state index is 12.7. The van der Waals surface area contributed by atoms with E-state index in [0.717, 1.165) is 25.4 Å². The predicted molar refractivity (Wildman–Crippen MR) is 74.4 cm³/mol. The zero-order chi connectivity index (χ0) is 13.7. The van der Waals surface area contributed by atoms with Gasteiger partial charge in [0.1, 0.15) is 5.25 Å². The SMILES string of the molecule is CC1CCC2(CCN(S(=O)(=O)C3CCOC3C)C2)C1. The van der Waals surface area contributed by atoms with Crippen molar-refractivity contribution in [1.82, 2.24) is 4.31 Å². The Morgan fingerprint density at radius 1 is 1.21 bits per heavy atom. The van der Waals surface area contributed by atoms with Gasteiger partial charge < -0.3 is 4.74 Å². The summed E-state index contributed by atoms with van der Waals surface area (Å²) in [5.74, 6) is 0.761. The van der Waals surface area contributed by atoms with Gasteiger partial charge in [-0.2, -0.15) is 0 Å². The molecular weight excluding hydrogens is 262 g/mol. The monoisotopic (exact) mass is 287 g/mol. The maximum Gasteiger partial charge on any atom is 0.219 e. The van der Waals surface area contributed by atoms with Crippen molar-refractivity contribution in [2.24, 2.45) is 11.3 Å². The average Bonchev–Trinajstić information content (AvgIpc) is 3.02. The zero-order valence-electron chi connectivity index (χ0n) is 12.0. The third kappa shape index (κ3) is 2.34. The van der Waals surface area contributed by atoms with Crippen molar-refractivity contribution in [3.8, 4) is 0 Å². The molecule has 2 heterocycles. The maximum atomic E-state index is 12.7. The molecule has 0 aromatic heterocycles. The molecular formula is C14H25NO3S. The van der Waals surface area contributed by atoms with E-state index in [2.05, 4.69) is 6.92 Å². The zero-order valence-corrected chi connectivity index (χ0v) is 12.8. The van der Waals surface area contributed by atoms with Gasteiger partial charge in [-0.05, 0) is 43.9 Å². The van der Waals surface area contributed by atoms with Crippen LogP contribution in [0.4, 0.5) is 0 Å². The number of sulfonamides is 1. The van der Waals surface area contributed by atoms with E-state index in [9.17, 15) is 8.42 Å². The van der Waals surface area contributed by atoms with Gasteiger partial charge >= 0.3 is 0 Å². The highest BCUT2D eigenvalue weighted by atomic mass is 32.2. The summed E-state index contributed by atoms with van der Waals surface area (Å²) in [4.78, 5) is 0. The van der Waals surface area contributed by atoms with Gasteiger partial charge in [0, 0.05) is 19.7 Å². The summed E-state index contributed by atoms with van der Waals surface area (Å²) in [6.45, 7) is 6.24. The summed E-state index contributed by atoms with van der Waals surface area (Å²) in [5, 5.41) is -0.318. The van der Waals surface area contributed by atoms with Crippen molar-refractivity contribution in [2.75, 3.05) is 19.7 Å². The van der Waals surface area contributed by atoms with Gasteiger partial charge in [0.2, 0.25) is 10.0 Å². The first-order valence-electron chi connectivity index (χ1n) is 7.54. The predicted octanol–water partition coefficient (Wildman–Crippen LogP) is 2.01. The highest BCUT2D eigenvalue weighted by Crippen LogP contribution is 2.49. The van der Waals surface area contributed by atoms with E-state index in [1.165, 1.54) is 19.3 Å². The topological polar surface area (TPSA) is 46.6 Å². The van der Waals surface area contributed by atoms with Crippen LogP contribution in [0.15, 0.2) is 0 Å². The van der Waals surface area contributed by atoms with Gasteiger partial charge in [-0.15, -0.1) is 0 Å². The highest BCUT2D eigenvalue weighted by molar-refractivity contribution is 7.89. The van der Waals surface area contributed by atoms with Crippen LogP contribution in [-0.2, 0) is 14.8 Å². The molecule has 1 aliphatic carbocycles. The standard InChI is InChI=1S/C14H25NO3S/c1-11-3-5-14(9-11)6-7-15(10-14)19(16,17)13-4-8-18-12(13)2/h11-13H,3-10H2,1-2H3. The van der Waals surface area contributed by atoms with Crippen LogP contribution in [0.5, 0.6) is 0 Å². The lowest BCUT2D eigenvalue weighted by Crippen LogP contribution is -2.41. The molecule has 2 aliphatic heterocycles. The Morgan fingerprint density at radius 3 is 2.58 bits per heavy atom. The molecule has 5 heteroatoms. The first-order chi connectivity index (χ1) is 8.93. The molecule has 0 bridgehead atoms. The Balaban J connectivity index is 1.74. The molecule has 0 radical (unpaired) electrons. The van der Waals surface area contributed by atoms with Gasteiger partial charge in [-0.3, -0.25) is 0 Å². The van der Waals surface area contributed by atoms with Crippen LogP contribution in [0, 0.1) is 11.3 Å². The number of nitrogens with zero attached hydrogens (tertiary/aromatic N) is 1. The third-order valence-electron chi connectivity index (χ3n) is 5.40. The van der Waals surface area contributed by atoms with E-state index in [0.29, 0.717) is 13.0 Å². The van der Waals surface area contributed by atoms with E-state index >= 15 is 0 Å². The lowest BCUT2D eigenvalue weighted by molar-refractivity contribution is 0.125. The molecule has 0 aromatic rings. The first kappa shape index (κ1) is 13.8. The van der Waals surface area contributed by atoms with Gasteiger partial charge in [-0.1, -0.05) is 13.3 Å². The molecule has 3 rings (SSSR count). The fourth-order valence-electron chi connectivity index (χ4n) is 4.27. The molecule has 1 spiro atoms. The summed E-state index contributed by atoms with van der Waals surface area (Å²) in [7, 11) is -3.16. The van der Waals surface area contributed by atoms with Crippen LogP contribution >= 0.6 is 0 Å². The second kappa shape index (κ2) is 4.71. The molecule has 0 amide bonds. The van der Waals surface area contributed by atoms with Crippen LogP contribution in [0.2, 0.25) is 0 Å². The minimum atomic E-state index is -3.16. The molecule has 4 unspecified atom stereocenters. The third-order valence-corrected chi connectivity index (χ3v) is 7.82. The molecule has 1 saturated carbocycles. The normalized spacial score (nSPS) is 44.4. The first-order valence-corrected chi connectivity index (χ1v) is 9.04. The molecule has 0 aromatic carbocycles. The lowest BCUT2D eigenvalue weighted by atomic mass is 9.85. The Bertz CT molecular complexity index is 450. The fourth-order valence-corrected chi connectivity index (χ4v) is 6.41. The van der Waals surface area contributed by atoms with Crippen LogP contribution in [0.1, 0.15) is 46.0 Å². The molecule has 3 aliphatic rings. The molecule has 2 saturated heterocycles. The van der Waals surface area contributed by atoms with Crippen molar-refractivity contribution < 1.29 is 13.2 Å². The molecule has 19 heavy (non-hydrogen) atoms. The average molecular weight is 287 g/mol. The van der Waals surface area contributed by atoms with Crippen molar-refractivity contribution >= 4 is 10.0 Å². The van der Waals surface area contributed by atoms with E-state index < -0.39 is 10.0 Å². The van der Waals surface area contributed by atoms with E-state index in [1.54, 1.807) is 4.31 Å². The fraction of sp³-hybridized carbons (Fsp3) is 1.00. The number of rotatable bonds is 2. The van der Waals surface area contributed by atoms with Crippen LogP contribution < -0.4 is 0 Å². The van der Waals surface area contributed by atoms with E-state index in [-0.39, 0.29) is 16.8 Å². The minimum Gasteiger partial charge on any atom is -0.377 e. The quantitative estimate of drug-likeness (QED) is 0.780. The van der Waals surface area contributed by atoms with Crippen molar-refractivity contribution in [3.63, 3.8) is 0 Å². The smallest absolute Gasteiger partial charge is 0.219 e. The summed E-state index contributed by atoms with van der Waals surface area (Å²) in [5.41, 5.74) is 0.287. The Kier molecular flexibility index (Phi) is 3.43. The largest absolute Gasteiger partial charge is 0.377 e. The highest BCUT2D eigenvalue weighted by Gasteiger charge is 2.49. The van der Waals surface area contributed by atoms with Crippen molar-refractivity contribution in [3.05, 3.63) is 0 Å². The van der Waals surface area contributed by atoms with Crippen LogP contribution in [-0.4, -0.2) is 43.8 Å². The second-order valence-corrected chi connectivity index (χ2v) is 9.03. The van der Waals surface area contributed by atoms with Crippen molar-refractivity contribution in [1.29, 1.82) is 0 Å². The van der Waals surface area contributed by atoms with Crippen molar-refractivity contribution in [2.45, 2.75) is 57.3 Å². The Labute approximate surface area is 116 Å². The number of hydrogen-bond acceptors (Lipinski definition) is 3. The Hall–Kier alpha value is -0.130. The van der Waals surface area contributed by atoms with Gasteiger partial charge in [0.05, 0.1) is 6.10 Å². The molecule has 110 valence electrons. The summed E-state index contributed by atoms with van der Waals surface area (Å²) >= 11 is 0. The Morgan fingerprint density at radius 2 is 2.00 bits per heavy atom. The second-order valence-electron chi connectivity index (χ2n) is 6.88. The molecule has 0 N–H and O–H groups in total. The summed E-state index contributed by atoms with van der Waals surface area (Å²) in [6, 6.07) is 0. The molecule has 4 nitrogen and oxygen atoms in total. The van der Waals surface area contributed by atoms with Gasteiger partial charge in [-0.25, -0.2) is 12.7 Å². The molecule has 4 atom stereocenters. The summed E-state index contributed by atoms with van der Waals surface area (Å²) in [6.07, 6.45) is 5.23. The van der Waals surface area contributed by atoms with Crippen LogP contribution in [0.25, 0.3) is 0 Å². The summed E-state index contributed by atoms with van der Waals surface area (Å²) < 4.78 is 32.6. The van der Waals surface area contributed by atoms with Crippen LogP contribution in [0.3, 0.4) is 0 Å². The van der Waals surface area contributed by atoms with Gasteiger partial charge in [0.15, 0.2) is 0 Å². The molecule has 3 fully saturated rings.